The monoisotopic (exact) mass is 230 g/mol. The molecule has 0 heterocycles. The van der Waals surface area contributed by atoms with E-state index in [4.69, 9.17) is 5.11 Å². The number of carboxylic acid groups (broad SMARTS) is 1. The van der Waals surface area contributed by atoms with E-state index < -0.39 is 5.97 Å². The first-order chi connectivity index (χ1) is 8.09. The highest BCUT2D eigenvalue weighted by Crippen LogP contribution is 2.26. The molecule has 0 radical (unpaired) electrons. The minimum absolute atomic E-state index is 0.211. The Labute approximate surface area is 98.3 Å². The van der Waals surface area contributed by atoms with Crippen LogP contribution >= 0.6 is 0 Å². The van der Waals surface area contributed by atoms with Crippen LogP contribution in [0, 0.1) is 12.7 Å². The van der Waals surface area contributed by atoms with Crippen molar-refractivity contribution in [2.75, 3.05) is 0 Å². The van der Waals surface area contributed by atoms with E-state index >= 15 is 0 Å². The fraction of sp³-hybridized carbons (Fsp3) is 0.0714. The van der Waals surface area contributed by atoms with Gasteiger partial charge < -0.3 is 5.11 Å². The molecule has 0 aliphatic heterocycles. The Balaban J connectivity index is 2.55. The lowest BCUT2D eigenvalue weighted by molar-refractivity contribution is 0.0697. The van der Waals surface area contributed by atoms with Crippen LogP contribution in [0.2, 0.25) is 0 Å². The van der Waals surface area contributed by atoms with E-state index in [9.17, 15) is 9.18 Å². The smallest absolute Gasteiger partial charge is 0.335 e. The van der Waals surface area contributed by atoms with Crippen LogP contribution in [0.1, 0.15) is 15.9 Å². The molecule has 0 amide bonds. The summed E-state index contributed by atoms with van der Waals surface area (Å²) in [4.78, 5) is 10.8. The summed E-state index contributed by atoms with van der Waals surface area (Å²) in [6.45, 7) is 1.77. The largest absolute Gasteiger partial charge is 0.478 e. The van der Waals surface area contributed by atoms with Gasteiger partial charge in [0.05, 0.1) is 5.56 Å². The summed E-state index contributed by atoms with van der Waals surface area (Å²) < 4.78 is 13.6. The van der Waals surface area contributed by atoms with Crippen molar-refractivity contribution in [3.05, 3.63) is 59.4 Å². The van der Waals surface area contributed by atoms with Crippen LogP contribution in [0.5, 0.6) is 0 Å². The first kappa shape index (κ1) is 11.3. The minimum atomic E-state index is -0.979. The number of aromatic carboxylic acids is 1. The van der Waals surface area contributed by atoms with Crippen LogP contribution in [-0.2, 0) is 0 Å². The van der Waals surface area contributed by atoms with Gasteiger partial charge in [-0.15, -0.1) is 0 Å². The maximum atomic E-state index is 13.6. The molecule has 3 heteroatoms. The molecule has 0 fully saturated rings. The molecule has 0 unspecified atom stereocenters. The van der Waals surface area contributed by atoms with Gasteiger partial charge in [0, 0.05) is 5.56 Å². The van der Waals surface area contributed by atoms with Crippen molar-refractivity contribution in [1.82, 2.24) is 0 Å². The summed E-state index contributed by atoms with van der Waals surface area (Å²) in [5.41, 5.74) is 2.16. The van der Waals surface area contributed by atoms with E-state index in [2.05, 4.69) is 0 Å². The zero-order valence-corrected chi connectivity index (χ0v) is 9.27. The molecule has 17 heavy (non-hydrogen) atoms. The molecule has 2 aromatic carbocycles. The Morgan fingerprint density at radius 3 is 2.41 bits per heavy atom. The zero-order valence-electron chi connectivity index (χ0n) is 9.27. The van der Waals surface area contributed by atoms with Crippen LogP contribution in [0.15, 0.2) is 42.5 Å². The lowest BCUT2D eigenvalue weighted by Crippen LogP contribution is -1.97. The molecule has 0 aromatic heterocycles. The summed E-state index contributed by atoms with van der Waals surface area (Å²) in [6, 6.07) is 11.1. The second-order valence-corrected chi connectivity index (χ2v) is 3.81. The molecule has 0 spiro atoms. The summed E-state index contributed by atoms with van der Waals surface area (Å²) in [5, 5.41) is 8.85. The van der Waals surface area contributed by atoms with Crippen molar-refractivity contribution in [3.8, 4) is 11.1 Å². The van der Waals surface area contributed by atoms with Gasteiger partial charge in [0.1, 0.15) is 5.82 Å². The van der Waals surface area contributed by atoms with E-state index in [0.717, 1.165) is 5.56 Å². The fourth-order valence-corrected chi connectivity index (χ4v) is 1.78. The number of hydrogen-bond acceptors (Lipinski definition) is 1. The molecular weight excluding hydrogens is 219 g/mol. The third kappa shape index (κ3) is 2.18. The lowest BCUT2D eigenvalue weighted by atomic mass is 9.98. The first-order valence-corrected chi connectivity index (χ1v) is 5.18. The number of halogens is 1. The number of carbonyl (C=O) groups is 1. The molecule has 86 valence electrons. The molecular formula is C14H11FO2. The van der Waals surface area contributed by atoms with E-state index in [1.807, 2.05) is 0 Å². The maximum absolute atomic E-state index is 13.6. The molecule has 0 saturated carbocycles. The quantitative estimate of drug-likeness (QED) is 0.857. The summed E-state index contributed by atoms with van der Waals surface area (Å²) in [6.07, 6.45) is 0. The SMILES string of the molecule is Cc1cc(C(=O)O)ccc1-c1ccccc1F. The van der Waals surface area contributed by atoms with Crippen molar-refractivity contribution in [3.63, 3.8) is 0 Å². The Hall–Kier alpha value is -2.16. The Bertz CT molecular complexity index is 576. The number of benzene rings is 2. The van der Waals surface area contributed by atoms with Crippen molar-refractivity contribution >= 4 is 5.97 Å². The van der Waals surface area contributed by atoms with Crippen molar-refractivity contribution in [1.29, 1.82) is 0 Å². The molecule has 2 aromatic rings. The summed E-state index contributed by atoms with van der Waals surface area (Å²) in [7, 11) is 0. The third-order valence-corrected chi connectivity index (χ3v) is 2.64. The minimum Gasteiger partial charge on any atom is -0.478 e. The van der Waals surface area contributed by atoms with Crippen molar-refractivity contribution in [2.45, 2.75) is 6.92 Å². The Kier molecular flexibility index (Phi) is 2.91. The molecule has 0 saturated heterocycles. The van der Waals surface area contributed by atoms with Crippen LogP contribution in [-0.4, -0.2) is 11.1 Å². The summed E-state index contributed by atoms with van der Waals surface area (Å²) in [5.74, 6) is -1.29. The Morgan fingerprint density at radius 1 is 1.12 bits per heavy atom. The number of carboxylic acids is 1. The zero-order chi connectivity index (χ0) is 12.4. The molecule has 2 rings (SSSR count). The number of rotatable bonds is 2. The standard InChI is InChI=1S/C14H11FO2/c1-9-8-10(14(16)17)6-7-11(9)12-4-2-3-5-13(12)15/h2-8H,1H3,(H,16,17). The number of hydrogen-bond donors (Lipinski definition) is 1. The molecule has 1 N–H and O–H groups in total. The van der Waals surface area contributed by atoms with Gasteiger partial charge in [-0.3, -0.25) is 0 Å². The van der Waals surface area contributed by atoms with Gasteiger partial charge in [0.15, 0.2) is 0 Å². The van der Waals surface area contributed by atoms with Crippen LogP contribution in [0.4, 0.5) is 4.39 Å². The van der Waals surface area contributed by atoms with E-state index in [1.165, 1.54) is 12.1 Å². The van der Waals surface area contributed by atoms with Gasteiger partial charge >= 0.3 is 5.97 Å². The van der Waals surface area contributed by atoms with E-state index in [-0.39, 0.29) is 11.4 Å². The molecule has 0 bridgehead atoms. The van der Waals surface area contributed by atoms with Gasteiger partial charge in [-0.05, 0) is 36.2 Å². The first-order valence-electron chi connectivity index (χ1n) is 5.18. The van der Waals surface area contributed by atoms with Gasteiger partial charge in [0.2, 0.25) is 0 Å². The highest BCUT2D eigenvalue weighted by Gasteiger charge is 2.09. The van der Waals surface area contributed by atoms with Gasteiger partial charge in [-0.1, -0.05) is 24.3 Å². The maximum Gasteiger partial charge on any atom is 0.335 e. The lowest BCUT2D eigenvalue weighted by Gasteiger charge is -2.08. The highest BCUT2D eigenvalue weighted by molar-refractivity contribution is 5.89. The predicted octanol–water partition coefficient (Wildman–Crippen LogP) is 3.50. The second-order valence-electron chi connectivity index (χ2n) is 3.81. The normalized spacial score (nSPS) is 10.2. The number of aryl methyl sites for hydroxylation is 1. The fourth-order valence-electron chi connectivity index (χ4n) is 1.78. The highest BCUT2D eigenvalue weighted by atomic mass is 19.1. The average Bonchev–Trinajstić information content (AvgIpc) is 2.30. The van der Waals surface area contributed by atoms with Gasteiger partial charge in [0.25, 0.3) is 0 Å². The van der Waals surface area contributed by atoms with Crippen LogP contribution < -0.4 is 0 Å². The average molecular weight is 230 g/mol. The predicted molar refractivity (Wildman–Crippen MR) is 63.5 cm³/mol. The topological polar surface area (TPSA) is 37.3 Å². The van der Waals surface area contributed by atoms with Gasteiger partial charge in [-0.2, -0.15) is 0 Å². The molecule has 0 atom stereocenters. The molecule has 2 nitrogen and oxygen atoms in total. The molecule has 0 aliphatic rings. The van der Waals surface area contributed by atoms with Gasteiger partial charge in [-0.25, -0.2) is 9.18 Å². The van der Waals surface area contributed by atoms with Crippen molar-refractivity contribution < 1.29 is 14.3 Å². The van der Waals surface area contributed by atoms with E-state index in [1.54, 1.807) is 37.3 Å². The van der Waals surface area contributed by atoms with Crippen LogP contribution in [0.25, 0.3) is 11.1 Å². The second kappa shape index (κ2) is 4.37. The molecule has 0 aliphatic carbocycles. The summed E-state index contributed by atoms with van der Waals surface area (Å²) >= 11 is 0. The third-order valence-electron chi connectivity index (χ3n) is 2.64. The van der Waals surface area contributed by atoms with E-state index in [0.29, 0.717) is 11.1 Å². The Morgan fingerprint density at radius 2 is 1.82 bits per heavy atom. The van der Waals surface area contributed by atoms with Crippen LogP contribution in [0.3, 0.4) is 0 Å². The van der Waals surface area contributed by atoms with Crippen molar-refractivity contribution in [2.24, 2.45) is 0 Å².